The SMILES string of the molecule is CC(C)(C)[C@@H]1CCc2cc(Cl)cc3c2N1C(=O)[C@@H](CC(=O)N1CCC[C@@H](C(=O)O)C1)O[C@@H]3c1ccccc1OC(F)(F)F. The van der Waals surface area contributed by atoms with Gasteiger partial charge in [-0.05, 0) is 54.9 Å². The average Bonchev–Trinajstić information content (AvgIpc) is 3.03. The molecule has 2 aromatic carbocycles. The molecule has 232 valence electrons. The minimum absolute atomic E-state index is 0.00900. The molecule has 12 heteroatoms. The number of hydrogen-bond donors (Lipinski definition) is 1. The predicted octanol–water partition coefficient (Wildman–Crippen LogP) is 6.13. The standard InChI is InChI=1S/C31H34ClF3N2O6/c1-30(2,3)24-11-10-17-13-19(32)14-21-26(17)37(24)28(39)23(15-25(38)36-12-6-7-18(16-36)29(40)41)42-27(21)20-8-4-5-9-22(20)43-31(33,34)35/h4-5,8-9,13-14,18,23-24,27H,6-7,10-12,15-16H2,1-3H3,(H,40,41)/t18-,23-,24+,27-/m1/s1. The number of carboxylic acids is 1. The number of benzene rings is 2. The third kappa shape index (κ3) is 6.47. The van der Waals surface area contributed by atoms with Gasteiger partial charge in [0.1, 0.15) is 18.0 Å². The Balaban J connectivity index is 1.63. The highest BCUT2D eigenvalue weighted by atomic mass is 35.5. The van der Waals surface area contributed by atoms with Gasteiger partial charge in [-0.3, -0.25) is 14.4 Å². The fourth-order valence-electron chi connectivity index (χ4n) is 6.46. The molecule has 5 rings (SSSR count). The molecule has 3 heterocycles. The normalized spacial score (nSPS) is 24.3. The van der Waals surface area contributed by atoms with Crippen LogP contribution in [-0.4, -0.2) is 59.4 Å². The van der Waals surface area contributed by atoms with E-state index in [4.69, 9.17) is 16.3 Å². The predicted molar refractivity (Wildman–Crippen MR) is 152 cm³/mol. The maximum Gasteiger partial charge on any atom is 0.573 e. The molecule has 8 nitrogen and oxygen atoms in total. The van der Waals surface area contributed by atoms with E-state index in [2.05, 4.69) is 4.74 Å². The van der Waals surface area contributed by atoms with E-state index >= 15 is 0 Å². The number of aliphatic carboxylic acids is 1. The summed E-state index contributed by atoms with van der Waals surface area (Å²) in [4.78, 5) is 42.7. The zero-order valence-corrected chi connectivity index (χ0v) is 24.9. The molecule has 2 aromatic rings. The maximum absolute atomic E-state index is 14.4. The van der Waals surface area contributed by atoms with Crippen LogP contribution in [0, 0.1) is 11.3 Å². The number of likely N-dealkylation sites (tertiary alicyclic amines) is 1. The fourth-order valence-corrected chi connectivity index (χ4v) is 6.71. The molecule has 0 radical (unpaired) electrons. The molecule has 2 amide bonds. The van der Waals surface area contributed by atoms with Crippen LogP contribution >= 0.6 is 11.6 Å². The number of hydrogen-bond acceptors (Lipinski definition) is 5. The first-order valence-electron chi connectivity index (χ1n) is 14.3. The number of rotatable bonds is 5. The average molecular weight is 623 g/mol. The molecule has 0 spiro atoms. The van der Waals surface area contributed by atoms with Crippen molar-refractivity contribution < 1.29 is 42.1 Å². The number of carbonyl (C=O) groups excluding carboxylic acids is 2. The summed E-state index contributed by atoms with van der Waals surface area (Å²) in [5.74, 6) is -3.16. The molecule has 1 N–H and O–H groups in total. The van der Waals surface area contributed by atoms with Crippen LogP contribution in [0.2, 0.25) is 5.02 Å². The number of ether oxygens (including phenoxy) is 2. The van der Waals surface area contributed by atoms with E-state index in [1.165, 1.54) is 23.1 Å². The van der Waals surface area contributed by atoms with E-state index in [1.807, 2.05) is 20.8 Å². The lowest BCUT2D eigenvalue weighted by Crippen LogP contribution is -2.54. The van der Waals surface area contributed by atoms with Crippen LogP contribution in [0.4, 0.5) is 18.9 Å². The van der Waals surface area contributed by atoms with Crippen molar-refractivity contribution in [1.82, 2.24) is 4.90 Å². The maximum atomic E-state index is 14.4. The number of halogens is 4. The number of para-hydroxylation sites is 1. The van der Waals surface area contributed by atoms with Gasteiger partial charge in [0, 0.05) is 35.3 Å². The minimum Gasteiger partial charge on any atom is -0.481 e. The summed E-state index contributed by atoms with van der Waals surface area (Å²) >= 11 is 6.53. The Labute approximate surface area is 252 Å². The van der Waals surface area contributed by atoms with E-state index in [0.29, 0.717) is 48.5 Å². The number of piperidine rings is 1. The van der Waals surface area contributed by atoms with E-state index < -0.39 is 59.9 Å². The molecule has 0 saturated carbocycles. The molecule has 0 aliphatic carbocycles. The van der Waals surface area contributed by atoms with Crippen molar-refractivity contribution in [3.8, 4) is 5.75 Å². The monoisotopic (exact) mass is 622 g/mol. The van der Waals surface area contributed by atoms with Crippen molar-refractivity contribution in [2.45, 2.75) is 77.5 Å². The Morgan fingerprint density at radius 1 is 1.12 bits per heavy atom. The first-order valence-corrected chi connectivity index (χ1v) is 14.7. The zero-order chi connectivity index (χ0) is 31.3. The van der Waals surface area contributed by atoms with Gasteiger partial charge in [-0.2, -0.15) is 0 Å². The van der Waals surface area contributed by atoms with Gasteiger partial charge < -0.3 is 24.4 Å². The third-order valence-electron chi connectivity index (χ3n) is 8.43. The summed E-state index contributed by atoms with van der Waals surface area (Å²) < 4.78 is 51.2. The first kappa shape index (κ1) is 31.1. The van der Waals surface area contributed by atoms with Gasteiger partial charge in [-0.25, -0.2) is 0 Å². The summed E-state index contributed by atoms with van der Waals surface area (Å²) in [5.41, 5.74) is 1.31. The van der Waals surface area contributed by atoms with Gasteiger partial charge >= 0.3 is 12.3 Å². The highest BCUT2D eigenvalue weighted by Gasteiger charge is 2.47. The first-order chi connectivity index (χ1) is 20.1. The van der Waals surface area contributed by atoms with Crippen LogP contribution in [-0.2, 0) is 25.5 Å². The van der Waals surface area contributed by atoms with Gasteiger partial charge in [-0.1, -0.05) is 50.6 Å². The lowest BCUT2D eigenvalue weighted by molar-refractivity contribution is -0.275. The Hall–Kier alpha value is -3.31. The highest BCUT2D eigenvalue weighted by molar-refractivity contribution is 6.31. The van der Waals surface area contributed by atoms with E-state index in [9.17, 15) is 32.7 Å². The van der Waals surface area contributed by atoms with Crippen LogP contribution in [0.25, 0.3) is 0 Å². The molecule has 3 aliphatic heterocycles. The largest absolute Gasteiger partial charge is 0.573 e. The summed E-state index contributed by atoms with van der Waals surface area (Å²) in [6.07, 6.45) is -5.88. The van der Waals surface area contributed by atoms with Crippen molar-refractivity contribution in [3.63, 3.8) is 0 Å². The lowest BCUT2D eigenvalue weighted by Gasteiger charge is -2.45. The number of carboxylic acid groups (broad SMARTS) is 1. The molecule has 0 bridgehead atoms. The molecule has 1 saturated heterocycles. The van der Waals surface area contributed by atoms with Crippen LogP contribution in [0.5, 0.6) is 5.75 Å². The summed E-state index contributed by atoms with van der Waals surface area (Å²) in [7, 11) is 0. The van der Waals surface area contributed by atoms with Crippen molar-refractivity contribution in [1.29, 1.82) is 0 Å². The number of amides is 2. The van der Waals surface area contributed by atoms with Gasteiger partial charge in [0.25, 0.3) is 5.91 Å². The van der Waals surface area contributed by atoms with Crippen LogP contribution in [0.15, 0.2) is 36.4 Å². The topological polar surface area (TPSA) is 96.4 Å². The molecule has 43 heavy (non-hydrogen) atoms. The Morgan fingerprint density at radius 3 is 2.51 bits per heavy atom. The molecule has 3 aliphatic rings. The van der Waals surface area contributed by atoms with Crippen molar-refractivity contribution >= 4 is 35.1 Å². The smallest absolute Gasteiger partial charge is 0.481 e. The van der Waals surface area contributed by atoms with E-state index in [0.717, 1.165) is 5.56 Å². The highest BCUT2D eigenvalue weighted by Crippen LogP contribution is 2.49. The third-order valence-corrected chi connectivity index (χ3v) is 8.65. The second-order valence-electron chi connectivity index (χ2n) is 12.4. The lowest BCUT2D eigenvalue weighted by atomic mass is 9.78. The summed E-state index contributed by atoms with van der Waals surface area (Å²) in [6, 6.07) is 8.59. The number of anilines is 1. The van der Waals surface area contributed by atoms with Gasteiger partial charge in [0.15, 0.2) is 0 Å². The van der Waals surface area contributed by atoms with Crippen molar-refractivity contribution in [3.05, 3.63) is 58.1 Å². The molecule has 1 fully saturated rings. The van der Waals surface area contributed by atoms with Crippen LogP contribution in [0.1, 0.15) is 69.2 Å². The van der Waals surface area contributed by atoms with Gasteiger partial charge in [-0.15, -0.1) is 13.2 Å². The van der Waals surface area contributed by atoms with Crippen LogP contribution < -0.4 is 9.64 Å². The number of alkyl halides is 3. The Kier molecular flexibility index (Phi) is 8.43. The number of aryl methyl sites for hydroxylation is 1. The second kappa shape index (κ2) is 11.6. The van der Waals surface area contributed by atoms with Gasteiger partial charge in [0.05, 0.1) is 18.0 Å². The summed E-state index contributed by atoms with van der Waals surface area (Å²) in [5, 5.41) is 9.84. The zero-order valence-electron chi connectivity index (χ0n) is 24.1. The minimum atomic E-state index is -4.99. The second-order valence-corrected chi connectivity index (χ2v) is 12.9. The van der Waals surface area contributed by atoms with Crippen LogP contribution in [0.3, 0.4) is 0 Å². The molecule has 0 unspecified atom stereocenters. The van der Waals surface area contributed by atoms with Crippen molar-refractivity contribution in [2.24, 2.45) is 11.3 Å². The Morgan fingerprint density at radius 2 is 1.84 bits per heavy atom. The summed E-state index contributed by atoms with van der Waals surface area (Å²) in [6.45, 7) is 6.35. The van der Waals surface area contributed by atoms with Crippen molar-refractivity contribution in [2.75, 3.05) is 18.0 Å². The fraction of sp³-hybridized carbons (Fsp3) is 0.516. The van der Waals surface area contributed by atoms with E-state index in [-0.39, 0.29) is 18.2 Å². The Bertz CT molecular complexity index is 1430. The van der Waals surface area contributed by atoms with E-state index in [1.54, 1.807) is 23.1 Å². The molecular formula is C31H34ClF3N2O6. The van der Waals surface area contributed by atoms with Gasteiger partial charge in [0.2, 0.25) is 5.91 Å². The molecule has 0 aromatic heterocycles. The molecular weight excluding hydrogens is 589 g/mol. The number of nitrogens with zero attached hydrogens (tertiary/aromatic N) is 2. The number of carbonyl (C=O) groups is 3. The molecule has 4 atom stereocenters. The quantitative estimate of drug-likeness (QED) is 0.431.